The van der Waals surface area contributed by atoms with Gasteiger partial charge < -0.3 is 0 Å². The van der Waals surface area contributed by atoms with Crippen LogP contribution in [0.2, 0.25) is 0 Å². The van der Waals surface area contributed by atoms with E-state index in [1.54, 1.807) is 17.2 Å². The average Bonchev–Trinajstić information content (AvgIpc) is 2.57. The van der Waals surface area contributed by atoms with Gasteiger partial charge in [-0.3, -0.25) is 0 Å². The Hall–Kier alpha value is -1.64. The first-order valence-electron chi connectivity index (χ1n) is 3.72. The highest BCUT2D eigenvalue weighted by atomic mass is 15.5. The van der Waals surface area contributed by atoms with Gasteiger partial charge in [0.25, 0.3) is 0 Å². The van der Waals surface area contributed by atoms with Crippen molar-refractivity contribution in [2.24, 2.45) is 0 Å². The highest BCUT2D eigenvalue weighted by molar-refractivity contribution is 5.36. The summed E-state index contributed by atoms with van der Waals surface area (Å²) < 4.78 is 0. The minimum Gasteiger partial charge on any atom is -0.157 e. The lowest BCUT2D eigenvalue weighted by atomic mass is 10.2. The van der Waals surface area contributed by atoms with Crippen LogP contribution in [0.4, 0.5) is 0 Å². The molecule has 0 saturated heterocycles. The smallest absolute Gasteiger partial charge is 0.0891 e. The van der Waals surface area contributed by atoms with E-state index < -0.39 is 0 Å². The highest BCUT2D eigenvalue weighted by Gasteiger charge is 1.99. The molecule has 0 amide bonds. The molecule has 1 heterocycles. The molecule has 0 N–H and O–H groups in total. The van der Waals surface area contributed by atoms with Crippen LogP contribution < -0.4 is 0 Å². The van der Waals surface area contributed by atoms with Crippen molar-refractivity contribution in [3.05, 3.63) is 42.2 Å². The van der Waals surface area contributed by atoms with Crippen LogP contribution in [0.15, 0.2) is 30.6 Å². The summed E-state index contributed by atoms with van der Waals surface area (Å²) in [5.41, 5.74) is 2.02. The Morgan fingerprint density at radius 2 is 2.08 bits per heavy atom. The second kappa shape index (κ2) is 2.77. The van der Waals surface area contributed by atoms with Crippen molar-refractivity contribution in [1.29, 1.82) is 0 Å². The minimum atomic E-state index is 0.975. The van der Waals surface area contributed by atoms with E-state index in [1.807, 2.05) is 25.1 Å². The molecule has 0 aliphatic carbocycles. The van der Waals surface area contributed by atoms with E-state index in [4.69, 9.17) is 0 Å². The summed E-state index contributed by atoms with van der Waals surface area (Å²) in [7, 11) is 0. The van der Waals surface area contributed by atoms with Crippen molar-refractivity contribution in [1.82, 2.24) is 15.0 Å². The molecule has 0 atom stereocenters. The molecule has 3 heteroatoms. The number of aromatic nitrogens is 3. The van der Waals surface area contributed by atoms with E-state index in [2.05, 4.69) is 16.3 Å². The van der Waals surface area contributed by atoms with Gasteiger partial charge in [-0.25, -0.2) is 0 Å². The fourth-order valence-corrected chi connectivity index (χ4v) is 1.07. The van der Waals surface area contributed by atoms with Crippen molar-refractivity contribution in [2.45, 2.75) is 6.92 Å². The normalized spacial score (nSPS) is 10.1. The first-order valence-corrected chi connectivity index (χ1v) is 3.72. The molecule has 0 bridgehead atoms. The maximum Gasteiger partial charge on any atom is 0.0891 e. The van der Waals surface area contributed by atoms with Gasteiger partial charge >= 0.3 is 0 Å². The third-order valence-electron chi connectivity index (χ3n) is 1.67. The number of benzene rings is 1. The lowest BCUT2D eigenvalue weighted by molar-refractivity contribution is 0.747. The van der Waals surface area contributed by atoms with Gasteiger partial charge in [0, 0.05) is 0 Å². The molecule has 0 aliphatic rings. The second-order valence-electron chi connectivity index (χ2n) is 2.50. The summed E-state index contributed by atoms with van der Waals surface area (Å²) in [6.07, 6.45) is 3.32. The van der Waals surface area contributed by atoms with Gasteiger partial charge in [0.2, 0.25) is 0 Å². The van der Waals surface area contributed by atoms with Crippen LogP contribution in [0.3, 0.4) is 0 Å². The van der Waals surface area contributed by atoms with Crippen LogP contribution in [0.5, 0.6) is 0 Å². The number of hydrogen-bond acceptors (Lipinski definition) is 2. The van der Waals surface area contributed by atoms with E-state index >= 15 is 0 Å². The molecule has 1 aromatic heterocycles. The monoisotopic (exact) mass is 158 g/mol. The molecule has 0 fully saturated rings. The minimum absolute atomic E-state index is 0.975. The molecule has 1 radical (unpaired) electrons. The maximum absolute atomic E-state index is 4.03. The van der Waals surface area contributed by atoms with Crippen LogP contribution in [0.25, 0.3) is 5.69 Å². The Morgan fingerprint density at radius 3 is 2.75 bits per heavy atom. The SMILES string of the molecule is Cc1[c]cccc1-n1nccn1. The zero-order chi connectivity index (χ0) is 8.39. The topological polar surface area (TPSA) is 30.7 Å². The Kier molecular flexibility index (Phi) is 1.63. The van der Waals surface area contributed by atoms with Gasteiger partial charge in [-0.05, 0) is 24.6 Å². The Balaban J connectivity index is 2.55. The lowest BCUT2D eigenvalue weighted by Crippen LogP contribution is -2.00. The van der Waals surface area contributed by atoms with Crippen LogP contribution in [-0.4, -0.2) is 15.0 Å². The summed E-state index contributed by atoms with van der Waals surface area (Å²) in [6.45, 7) is 1.98. The standard InChI is InChI=1S/C9H8N3/c1-8-4-2-3-5-9(8)12-10-6-7-11-12/h2-3,5-7H,1H3. The summed E-state index contributed by atoms with van der Waals surface area (Å²) in [6, 6.07) is 8.85. The molecule has 0 saturated carbocycles. The predicted octanol–water partition coefficient (Wildman–Crippen LogP) is 1.38. The van der Waals surface area contributed by atoms with Gasteiger partial charge in [-0.2, -0.15) is 15.0 Å². The van der Waals surface area contributed by atoms with Gasteiger partial charge in [0.05, 0.1) is 18.1 Å². The van der Waals surface area contributed by atoms with Gasteiger partial charge in [0.15, 0.2) is 0 Å². The van der Waals surface area contributed by atoms with Crippen LogP contribution in [0, 0.1) is 13.0 Å². The molecular weight excluding hydrogens is 150 g/mol. The Morgan fingerprint density at radius 1 is 1.33 bits per heavy atom. The lowest BCUT2D eigenvalue weighted by Gasteiger charge is -2.01. The summed E-state index contributed by atoms with van der Waals surface area (Å²) in [4.78, 5) is 1.59. The Bertz CT molecular complexity index is 365. The van der Waals surface area contributed by atoms with Crippen LogP contribution >= 0.6 is 0 Å². The van der Waals surface area contributed by atoms with E-state index in [1.165, 1.54) is 0 Å². The summed E-state index contributed by atoms with van der Waals surface area (Å²) >= 11 is 0. The van der Waals surface area contributed by atoms with E-state index in [0.717, 1.165) is 11.3 Å². The van der Waals surface area contributed by atoms with Gasteiger partial charge in [0.1, 0.15) is 0 Å². The zero-order valence-corrected chi connectivity index (χ0v) is 6.73. The highest BCUT2D eigenvalue weighted by Crippen LogP contribution is 2.08. The molecule has 0 unspecified atom stereocenters. The van der Waals surface area contributed by atoms with Crippen LogP contribution in [0.1, 0.15) is 5.56 Å². The largest absolute Gasteiger partial charge is 0.157 e. The molecule has 3 nitrogen and oxygen atoms in total. The van der Waals surface area contributed by atoms with Crippen molar-refractivity contribution in [3.63, 3.8) is 0 Å². The summed E-state index contributed by atoms with van der Waals surface area (Å²) in [5.74, 6) is 0. The molecule has 12 heavy (non-hydrogen) atoms. The maximum atomic E-state index is 4.03. The number of hydrogen-bond donors (Lipinski definition) is 0. The van der Waals surface area contributed by atoms with Gasteiger partial charge in [-0.1, -0.05) is 12.1 Å². The molecule has 59 valence electrons. The number of nitrogens with zero attached hydrogens (tertiary/aromatic N) is 3. The predicted molar refractivity (Wildman–Crippen MR) is 44.9 cm³/mol. The molecule has 0 aliphatic heterocycles. The second-order valence-corrected chi connectivity index (χ2v) is 2.50. The first kappa shape index (κ1) is 7.03. The van der Waals surface area contributed by atoms with Crippen molar-refractivity contribution in [2.75, 3.05) is 0 Å². The van der Waals surface area contributed by atoms with Crippen molar-refractivity contribution in [3.8, 4) is 5.69 Å². The zero-order valence-electron chi connectivity index (χ0n) is 6.73. The van der Waals surface area contributed by atoms with E-state index in [9.17, 15) is 0 Å². The van der Waals surface area contributed by atoms with E-state index in [-0.39, 0.29) is 0 Å². The summed E-state index contributed by atoms with van der Waals surface area (Å²) in [5, 5.41) is 8.07. The molecule has 0 spiro atoms. The average molecular weight is 158 g/mol. The van der Waals surface area contributed by atoms with Crippen molar-refractivity contribution < 1.29 is 0 Å². The van der Waals surface area contributed by atoms with Gasteiger partial charge in [-0.15, -0.1) is 0 Å². The molecule has 1 aromatic carbocycles. The quantitative estimate of drug-likeness (QED) is 0.627. The molecule has 2 aromatic rings. The third kappa shape index (κ3) is 1.09. The third-order valence-corrected chi connectivity index (χ3v) is 1.67. The van der Waals surface area contributed by atoms with E-state index in [0.29, 0.717) is 0 Å². The first-order chi connectivity index (χ1) is 5.88. The fourth-order valence-electron chi connectivity index (χ4n) is 1.07. The fraction of sp³-hybridized carbons (Fsp3) is 0.111. The molecule has 2 rings (SSSR count). The van der Waals surface area contributed by atoms with Crippen molar-refractivity contribution >= 4 is 0 Å². The van der Waals surface area contributed by atoms with Crippen LogP contribution in [-0.2, 0) is 0 Å². The Labute approximate surface area is 70.6 Å². The molecular formula is C9H8N3. The number of aryl methyl sites for hydroxylation is 1. The number of rotatable bonds is 1.